The van der Waals surface area contributed by atoms with Gasteiger partial charge in [0.05, 0.1) is 0 Å². The van der Waals surface area contributed by atoms with Crippen LogP contribution in [0.5, 0.6) is 0 Å². The highest BCUT2D eigenvalue weighted by molar-refractivity contribution is 6.36. The largest absolute Gasteiger partial charge is 0.346 e. The van der Waals surface area contributed by atoms with E-state index in [9.17, 15) is 0 Å². The fourth-order valence-electron chi connectivity index (χ4n) is 1.03. The van der Waals surface area contributed by atoms with Gasteiger partial charge in [-0.05, 0) is 24.3 Å². The van der Waals surface area contributed by atoms with Crippen LogP contribution in [0.3, 0.4) is 0 Å². The maximum absolute atomic E-state index is 2.38. The summed E-state index contributed by atoms with van der Waals surface area (Å²) in [6.45, 7) is 15.8. The van der Waals surface area contributed by atoms with Crippen LogP contribution in [0.15, 0.2) is 0 Å². The quantitative estimate of drug-likeness (QED) is 0.570. The molecule has 2 heteroatoms. The summed E-state index contributed by atoms with van der Waals surface area (Å²) in [4.78, 5) is 2.38. The topological polar surface area (TPSA) is 3.24 Å². The van der Waals surface area contributed by atoms with Gasteiger partial charge in [-0.25, -0.2) is 0 Å². The zero-order valence-electron chi connectivity index (χ0n) is 9.52. The molecule has 1 nitrogen and oxygen atoms in total. The molecule has 0 bridgehead atoms. The van der Waals surface area contributed by atoms with Crippen molar-refractivity contribution in [3.63, 3.8) is 0 Å². The summed E-state index contributed by atoms with van der Waals surface area (Å²) in [6, 6.07) is 0. The van der Waals surface area contributed by atoms with E-state index in [2.05, 4.69) is 53.8 Å². The summed E-state index contributed by atoms with van der Waals surface area (Å²) < 4.78 is 0. The van der Waals surface area contributed by atoms with Crippen LogP contribution in [-0.4, -0.2) is 25.3 Å². The van der Waals surface area contributed by atoms with Crippen molar-refractivity contribution >= 4 is 7.41 Å². The first-order chi connectivity index (χ1) is 5.44. The van der Waals surface area contributed by atoms with Gasteiger partial charge >= 0.3 is 0 Å². The molecule has 0 spiro atoms. The van der Waals surface area contributed by atoms with E-state index in [1.807, 2.05) is 0 Å². The molecule has 0 fully saturated rings. The van der Waals surface area contributed by atoms with Crippen molar-refractivity contribution in [3.8, 4) is 0 Å². The van der Waals surface area contributed by atoms with Gasteiger partial charge in [0.25, 0.3) is 0 Å². The zero-order valence-corrected chi connectivity index (χ0v) is 9.52. The van der Waals surface area contributed by atoms with Crippen molar-refractivity contribution in [2.75, 3.05) is 13.1 Å². The molecule has 71 valence electrons. The molecule has 0 aromatic heterocycles. The fourth-order valence-corrected chi connectivity index (χ4v) is 1.03. The van der Waals surface area contributed by atoms with Crippen molar-refractivity contribution in [1.29, 1.82) is 0 Å². The highest BCUT2D eigenvalue weighted by atomic mass is 15.0. The Kier molecular flexibility index (Phi) is 4.92. The second-order valence-corrected chi connectivity index (χ2v) is 4.33. The minimum atomic E-state index is 0.325. The number of nitrogens with zero attached hydrogens (tertiary/aromatic N) is 1. The van der Waals surface area contributed by atoms with Crippen molar-refractivity contribution in [2.24, 2.45) is 5.92 Å². The Hall–Kier alpha value is 0.0249. The highest BCUT2D eigenvalue weighted by Crippen LogP contribution is 2.33. The monoisotopic (exact) mass is 168 g/mol. The molecule has 0 atom stereocenters. The molecule has 0 unspecified atom stereocenters. The molecule has 0 saturated heterocycles. The summed E-state index contributed by atoms with van der Waals surface area (Å²) in [5, 5.41) is 0.325. The van der Waals surface area contributed by atoms with Gasteiger partial charge in [-0.3, -0.25) is 0 Å². The van der Waals surface area contributed by atoms with E-state index in [0.29, 0.717) is 11.2 Å². The molecule has 0 rings (SSSR count). The van der Waals surface area contributed by atoms with Gasteiger partial charge in [0.1, 0.15) is 0 Å². The first-order valence-corrected chi connectivity index (χ1v) is 5.04. The number of hydrogen-bond acceptors (Lipinski definition) is 1. The molecule has 0 amide bonds. The molecule has 0 aromatic carbocycles. The third-order valence-electron chi connectivity index (χ3n) is 2.82. The van der Waals surface area contributed by atoms with Gasteiger partial charge in [0.2, 0.25) is 7.41 Å². The van der Waals surface area contributed by atoms with Gasteiger partial charge in [-0.1, -0.05) is 41.5 Å². The average Bonchev–Trinajstić information content (AvgIpc) is 2.00. The number of hydrogen-bond donors (Lipinski definition) is 0. The Bertz CT molecular complexity index is 117. The van der Waals surface area contributed by atoms with Crippen LogP contribution < -0.4 is 0 Å². The van der Waals surface area contributed by atoms with Gasteiger partial charge in [0.15, 0.2) is 0 Å². The highest BCUT2D eigenvalue weighted by Gasteiger charge is 2.25. The van der Waals surface area contributed by atoms with Crippen molar-refractivity contribution in [3.05, 3.63) is 0 Å². The van der Waals surface area contributed by atoms with Crippen molar-refractivity contribution < 1.29 is 0 Å². The summed E-state index contributed by atoms with van der Waals surface area (Å²) in [7, 11) is 2.37. The Morgan fingerprint density at radius 2 is 1.58 bits per heavy atom. The normalized spacial score (nSPS) is 12.7. The molecule has 1 radical (unpaired) electrons. The maximum atomic E-state index is 2.38. The third-order valence-corrected chi connectivity index (χ3v) is 2.82. The Morgan fingerprint density at radius 1 is 1.17 bits per heavy atom. The molecule has 0 heterocycles. The molecule has 0 N–H and O–H groups in total. The zero-order chi connectivity index (χ0) is 9.78. The van der Waals surface area contributed by atoms with E-state index in [1.165, 1.54) is 0 Å². The average molecular weight is 168 g/mol. The minimum Gasteiger partial charge on any atom is -0.346 e. The summed E-state index contributed by atoms with van der Waals surface area (Å²) in [5.74, 6) is 0.707. The predicted octanol–water partition coefficient (Wildman–Crippen LogP) is 2.80. The molecule has 0 aromatic rings. The predicted molar refractivity (Wildman–Crippen MR) is 57.6 cm³/mol. The summed E-state index contributed by atoms with van der Waals surface area (Å²) in [5.41, 5.74) is 0. The van der Waals surface area contributed by atoms with Gasteiger partial charge in [-0.15, -0.1) is 0 Å². The van der Waals surface area contributed by atoms with Crippen LogP contribution in [-0.2, 0) is 0 Å². The van der Waals surface area contributed by atoms with Crippen LogP contribution in [0.1, 0.15) is 41.5 Å². The van der Waals surface area contributed by atoms with Gasteiger partial charge < -0.3 is 4.81 Å². The van der Waals surface area contributed by atoms with Crippen LogP contribution >= 0.6 is 0 Å². The lowest BCUT2D eigenvalue weighted by atomic mass is 9.56. The fraction of sp³-hybridized carbons (Fsp3) is 1.00. The molecule has 0 saturated carbocycles. The third kappa shape index (κ3) is 3.62. The molecule has 0 aliphatic heterocycles. The van der Waals surface area contributed by atoms with Crippen LogP contribution in [0.25, 0.3) is 0 Å². The van der Waals surface area contributed by atoms with Crippen LogP contribution in [0, 0.1) is 5.92 Å². The Labute approximate surface area is 78.8 Å². The lowest BCUT2D eigenvalue weighted by Crippen LogP contribution is -2.36. The SMILES string of the molecule is CCN([B]C(C)(C)C(C)C)CC. The second-order valence-electron chi connectivity index (χ2n) is 4.33. The van der Waals surface area contributed by atoms with E-state index >= 15 is 0 Å². The molecule has 0 aliphatic rings. The minimum absolute atomic E-state index is 0.325. The van der Waals surface area contributed by atoms with Crippen LogP contribution in [0.4, 0.5) is 0 Å². The number of rotatable bonds is 5. The van der Waals surface area contributed by atoms with E-state index < -0.39 is 0 Å². The Balaban J connectivity index is 4.02. The first-order valence-electron chi connectivity index (χ1n) is 5.04. The lowest BCUT2D eigenvalue weighted by Gasteiger charge is -2.33. The molecule has 12 heavy (non-hydrogen) atoms. The Morgan fingerprint density at radius 3 is 1.83 bits per heavy atom. The first kappa shape index (κ1) is 12.0. The molecule has 0 aliphatic carbocycles. The van der Waals surface area contributed by atoms with E-state index in [4.69, 9.17) is 0 Å². The van der Waals surface area contributed by atoms with E-state index in [1.54, 1.807) is 0 Å². The van der Waals surface area contributed by atoms with Crippen LogP contribution in [0.2, 0.25) is 5.31 Å². The standard InChI is InChI=1S/C10H23BN/c1-7-12(8-2)11-10(5,6)9(3)4/h9H,7-8H2,1-6H3. The summed E-state index contributed by atoms with van der Waals surface area (Å²) in [6.07, 6.45) is 0. The smallest absolute Gasteiger partial charge is 0.214 e. The maximum Gasteiger partial charge on any atom is 0.214 e. The molecular weight excluding hydrogens is 145 g/mol. The van der Waals surface area contributed by atoms with E-state index in [-0.39, 0.29) is 0 Å². The van der Waals surface area contributed by atoms with Crippen molar-refractivity contribution in [2.45, 2.75) is 46.9 Å². The van der Waals surface area contributed by atoms with E-state index in [0.717, 1.165) is 13.1 Å². The summed E-state index contributed by atoms with van der Waals surface area (Å²) >= 11 is 0. The lowest BCUT2D eigenvalue weighted by molar-refractivity contribution is 0.410. The van der Waals surface area contributed by atoms with Gasteiger partial charge in [0, 0.05) is 0 Å². The second kappa shape index (κ2) is 4.91. The van der Waals surface area contributed by atoms with Crippen molar-refractivity contribution in [1.82, 2.24) is 4.81 Å². The van der Waals surface area contributed by atoms with Gasteiger partial charge in [-0.2, -0.15) is 0 Å². The molecular formula is C10H23BN.